The van der Waals surface area contributed by atoms with Crippen LogP contribution in [0.3, 0.4) is 0 Å². The van der Waals surface area contributed by atoms with Gasteiger partial charge in [0, 0.05) is 26.5 Å². The van der Waals surface area contributed by atoms with Crippen molar-refractivity contribution < 1.29 is 18.7 Å². The average Bonchev–Trinajstić information content (AvgIpc) is 2.80. The second-order valence-corrected chi connectivity index (χ2v) is 4.64. The van der Waals surface area contributed by atoms with Crippen molar-refractivity contribution in [2.45, 2.75) is 32.4 Å². The second-order valence-electron chi connectivity index (χ2n) is 4.64. The van der Waals surface area contributed by atoms with Crippen LogP contribution in [0.5, 0.6) is 0 Å². The van der Waals surface area contributed by atoms with E-state index in [1.54, 1.807) is 12.2 Å². The molecule has 1 aromatic rings. The number of nitrogens with one attached hydrogen (secondary N) is 1. The number of carbonyl (C=O) groups excluding carboxylic acids is 2. The van der Waals surface area contributed by atoms with E-state index in [4.69, 9.17) is 4.74 Å². The summed E-state index contributed by atoms with van der Waals surface area (Å²) >= 11 is 0. The van der Waals surface area contributed by atoms with Gasteiger partial charge < -0.3 is 10.1 Å². The van der Waals surface area contributed by atoms with Gasteiger partial charge in [-0.2, -0.15) is 4.98 Å². The third-order valence-corrected chi connectivity index (χ3v) is 2.90. The number of anilines is 1. The van der Waals surface area contributed by atoms with Crippen LogP contribution in [-0.4, -0.2) is 27.5 Å². The Kier molecular flexibility index (Phi) is 4.15. The van der Waals surface area contributed by atoms with E-state index in [2.05, 4.69) is 10.3 Å². The minimum atomic E-state index is -0.811. The molecule has 112 valence electrons. The van der Waals surface area contributed by atoms with Crippen LogP contribution in [0, 0.1) is 5.82 Å². The SMILES string of the molecule is CC(=O)Nc1nc(=O)n([C@H]2C=C[C@@H](OC(C)=O)C2)cc1F. The van der Waals surface area contributed by atoms with Crippen LogP contribution in [-0.2, 0) is 14.3 Å². The third-order valence-electron chi connectivity index (χ3n) is 2.90. The first-order valence-corrected chi connectivity index (χ1v) is 6.28. The molecule has 0 saturated heterocycles. The summed E-state index contributed by atoms with van der Waals surface area (Å²) in [4.78, 5) is 37.1. The van der Waals surface area contributed by atoms with Crippen molar-refractivity contribution in [3.8, 4) is 0 Å². The third kappa shape index (κ3) is 3.53. The normalized spacial score (nSPS) is 20.3. The topological polar surface area (TPSA) is 90.3 Å². The number of hydrogen-bond acceptors (Lipinski definition) is 5. The molecule has 0 aromatic carbocycles. The molecule has 2 rings (SSSR count). The summed E-state index contributed by atoms with van der Waals surface area (Å²) in [6, 6.07) is -0.449. The van der Waals surface area contributed by atoms with Crippen LogP contribution in [0.25, 0.3) is 0 Å². The number of esters is 1. The van der Waals surface area contributed by atoms with Crippen molar-refractivity contribution in [2.75, 3.05) is 5.32 Å². The molecule has 0 bridgehead atoms. The van der Waals surface area contributed by atoms with Gasteiger partial charge in [-0.25, -0.2) is 9.18 Å². The Morgan fingerprint density at radius 1 is 1.43 bits per heavy atom. The molecule has 0 saturated carbocycles. The fourth-order valence-corrected chi connectivity index (χ4v) is 2.09. The van der Waals surface area contributed by atoms with Gasteiger partial charge in [-0.3, -0.25) is 14.2 Å². The van der Waals surface area contributed by atoms with Gasteiger partial charge in [-0.1, -0.05) is 6.08 Å². The number of carbonyl (C=O) groups is 2. The number of rotatable bonds is 3. The Labute approximate surface area is 119 Å². The second kappa shape index (κ2) is 5.86. The number of halogens is 1. The van der Waals surface area contributed by atoms with Crippen molar-refractivity contribution in [1.29, 1.82) is 0 Å². The summed E-state index contributed by atoms with van der Waals surface area (Å²) in [5.74, 6) is -2.16. The lowest BCUT2D eigenvalue weighted by atomic mass is 10.2. The van der Waals surface area contributed by atoms with E-state index < -0.39 is 41.3 Å². The number of amides is 1. The first-order chi connectivity index (χ1) is 9.86. The Hall–Kier alpha value is -2.51. The van der Waals surface area contributed by atoms with E-state index >= 15 is 0 Å². The van der Waals surface area contributed by atoms with Crippen LogP contribution < -0.4 is 11.0 Å². The summed E-state index contributed by atoms with van der Waals surface area (Å²) in [6.45, 7) is 2.48. The molecule has 0 aliphatic heterocycles. The van der Waals surface area contributed by atoms with Crippen molar-refractivity contribution in [2.24, 2.45) is 0 Å². The average molecular weight is 295 g/mol. The smallest absolute Gasteiger partial charge is 0.350 e. The number of ether oxygens (including phenoxy) is 1. The van der Waals surface area contributed by atoms with Crippen molar-refractivity contribution in [1.82, 2.24) is 9.55 Å². The van der Waals surface area contributed by atoms with Crippen LogP contribution >= 0.6 is 0 Å². The van der Waals surface area contributed by atoms with E-state index in [1.165, 1.54) is 13.8 Å². The highest BCUT2D eigenvalue weighted by molar-refractivity contribution is 5.87. The Bertz CT molecular complexity index is 668. The van der Waals surface area contributed by atoms with Gasteiger partial charge in [-0.15, -0.1) is 0 Å². The summed E-state index contributed by atoms with van der Waals surface area (Å²) in [5, 5.41) is 2.14. The maximum absolute atomic E-state index is 13.8. The number of allylic oxidation sites excluding steroid dienone is 1. The summed E-state index contributed by atoms with van der Waals surface area (Å²) in [5.41, 5.74) is -0.696. The van der Waals surface area contributed by atoms with Crippen molar-refractivity contribution in [3.05, 3.63) is 34.7 Å². The maximum Gasteiger partial charge on any atom is 0.350 e. The lowest BCUT2D eigenvalue weighted by Gasteiger charge is -2.15. The van der Waals surface area contributed by atoms with Crippen LogP contribution in [0.2, 0.25) is 0 Å². The molecule has 0 fully saturated rings. The summed E-state index contributed by atoms with van der Waals surface area (Å²) < 4.78 is 19.9. The summed E-state index contributed by atoms with van der Waals surface area (Å²) in [7, 11) is 0. The maximum atomic E-state index is 13.8. The fourth-order valence-electron chi connectivity index (χ4n) is 2.09. The zero-order chi connectivity index (χ0) is 15.6. The molecule has 8 heteroatoms. The number of hydrogen-bond donors (Lipinski definition) is 1. The van der Waals surface area contributed by atoms with E-state index in [0.29, 0.717) is 6.42 Å². The highest BCUT2D eigenvalue weighted by Gasteiger charge is 2.24. The quantitative estimate of drug-likeness (QED) is 0.657. The minimum Gasteiger partial charge on any atom is -0.458 e. The predicted molar refractivity (Wildman–Crippen MR) is 71.1 cm³/mol. The molecule has 1 aliphatic rings. The largest absolute Gasteiger partial charge is 0.458 e. The first kappa shape index (κ1) is 14.9. The number of nitrogens with zero attached hydrogens (tertiary/aromatic N) is 2. The van der Waals surface area contributed by atoms with Gasteiger partial charge in [0.2, 0.25) is 5.91 Å². The van der Waals surface area contributed by atoms with Gasteiger partial charge in [0.15, 0.2) is 11.6 Å². The highest BCUT2D eigenvalue weighted by atomic mass is 19.1. The molecular weight excluding hydrogens is 281 g/mol. The molecule has 0 unspecified atom stereocenters. The van der Waals surface area contributed by atoms with Gasteiger partial charge >= 0.3 is 11.7 Å². The van der Waals surface area contributed by atoms with Gasteiger partial charge in [-0.05, 0) is 6.08 Å². The van der Waals surface area contributed by atoms with E-state index in [1.807, 2.05) is 0 Å². The van der Waals surface area contributed by atoms with Crippen LogP contribution in [0.15, 0.2) is 23.1 Å². The lowest BCUT2D eigenvalue weighted by molar-refractivity contribution is -0.144. The molecule has 0 spiro atoms. The van der Waals surface area contributed by atoms with Crippen LogP contribution in [0.4, 0.5) is 10.2 Å². The zero-order valence-corrected chi connectivity index (χ0v) is 11.5. The fraction of sp³-hybridized carbons (Fsp3) is 0.385. The van der Waals surface area contributed by atoms with Crippen molar-refractivity contribution in [3.63, 3.8) is 0 Å². The van der Waals surface area contributed by atoms with Gasteiger partial charge in [0.05, 0.1) is 6.04 Å². The van der Waals surface area contributed by atoms with E-state index in [-0.39, 0.29) is 0 Å². The highest BCUT2D eigenvalue weighted by Crippen LogP contribution is 2.24. The summed E-state index contributed by atoms with van der Waals surface area (Å²) in [6.07, 6.45) is 4.15. The predicted octanol–water partition coefficient (Wildman–Crippen LogP) is 0.773. The molecule has 2 atom stereocenters. The van der Waals surface area contributed by atoms with E-state index in [0.717, 1.165) is 10.8 Å². The number of aromatic nitrogens is 2. The van der Waals surface area contributed by atoms with Gasteiger partial charge in [0.1, 0.15) is 6.10 Å². The minimum absolute atomic E-state index is 0.333. The molecule has 1 aliphatic carbocycles. The molecule has 1 N–H and O–H groups in total. The standard InChI is InChI=1S/C13H14FN3O4/c1-7(18)15-12-11(14)6-17(13(20)16-12)9-3-4-10(5-9)21-8(2)19/h3-4,6,9-10H,5H2,1-2H3,(H,15,16,18,20)/t9-,10+/m0/s1. The molecular formula is C13H14FN3O4. The lowest BCUT2D eigenvalue weighted by Crippen LogP contribution is -2.28. The molecule has 1 heterocycles. The Morgan fingerprint density at radius 3 is 2.76 bits per heavy atom. The molecule has 1 amide bonds. The molecule has 0 radical (unpaired) electrons. The Balaban J connectivity index is 2.21. The molecule has 7 nitrogen and oxygen atoms in total. The monoisotopic (exact) mass is 295 g/mol. The zero-order valence-electron chi connectivity index (χ0n) is 11.5. The first-order valence-electron chi connectivity index (χ1n) is 6.28. The van der Waals surface area contributed by atoms with Crippen LogP contribution in [0.1, 0.15) is 26.3 Å². The van der Waals surface area contributed by atoms with E-state index in [9.17, 15) is 18.8 Å². The molecule has 21 heavy (non-hydrogen) atoms. The Morgan fingerprint density at radius 2 is 2.14 bits per heavy atom. The van der Waals surface area contributed by atoms with Crippen molar-refractivity contribution >= 4 is 17.7 Å². The molecule has 1 aromatic heterocycles. The van der Waals surface area contributed by atoms with Gasteiger partial charge in [0.25, 0.3) is 0 Å².